The predicted octanol–water partition coefficient (Wildman–Crippen LogP) is 3.63. The molecule has 1 N–H and O–H groups in total. The molecule has 4 fully saturated rings. The quantitative estimate of drug-likeness (QED) is 0.911. The maximum atomic E-state index is 12.3. The van der Waals surface area contributed by atoms with Crippen molar-refractivity contribution >= 4 is 11.7 Å². The van der Waals surface area contributed by atoms with Gasteiger partial charge < -0.3 is 5.32 Å². The van der Waals surface area contributed by atoms with Gasteiger partial charge in [0.1, 0.15) is 5.82 Å². The monoisotopic (exact) mass is 270 g/mol. The number of hydrogen-bond acceptors (Lipinski definition) is 2. The lowest BCUT2D eigenvalue weighted by Crippen LogP contribution is -2.47. The molecule has 5 rings (SSSR count). The first-order valence-electron chi connectivity index (χ1n) is 7.92. The van der Waals surface area contributed by atoms with E-state index in [2.05, 4.69) is 10.3 Å². The third-order valence-electron chi connectivity index (χ3n) is 5.63. The van der Waals surface area contributed by atoms with Crippen LogP contribution in [0.3, 0.4) is 0 Å². The van der Waals surface area contributed by atoms with E-state index in [-0.39, 0.29) is 5.91 Å². The molecular formula is C17H22N2O. The van der Waals surface area contributed by atoms with Crippen molar-refractivity contribution in [2.45, 2.75) is 44.9 Å². The molecule has 106 valence electrons. The molecule has 4 bridgehead atoms. The average Bonchev–Trinajstić information content (AvgIpc) is 2.37. The number of hydrogen-bond donors (Lipinski definition) is 1. The van der Waals surface area contributed by atoms with Gasteiger partial charge in [-0.3, -0.25) is 4.79 Å². The van der Waals surface area contributed by atoms with Crippen LogP contribution in [0.15, 0.2) is 24.4 Å². The summed E-state index contributed by atoms with van der Waals surface area (Å²) in [6.45, 7) is 0. The fourth-order valence-corrected chi connectivity index (χ4v) is 5.47. The fraction of sp³-hybridized carbons (Fsp3) is 0.647. The van der Waals surface area contributed by atoms with Gasteiger partial charge in [0.25, 0.3) is 0 Å². The van der Waals surface area contributed by atoms with Crippen LogP contribution in [0.1, 0.15) is 44.9 Å². The zero-order valence-electron chi connectivity index (χ0n) is 11.8. The molecule has 20 heavy (non-hydrogen) atoms. The third kappa shape index (κ3) is 2.23. The number of pyridine rings is 1. The van der Waals surface area contributed by atoms with Crippen LogP contribution in [0.25, 0.3) is 0 Å². The molecule has 3 heteroatoms. The zero-order chi connectivity index (χ0) is 13.6. The summed E-state index contributed by atoms with van der Waals surface area (Å²) < 4.78 is 0. The highest BCUT2D eigenvalue weighted by atomic mass is 16.1. The molecule has 1 amide bonds. The van der Waals surface area contributed by atoms with E-state index in [1.165, 1.54) is 38.5 Å². The van der Waals surface area contributed by atoms with Crippen LogP contribution in [0.4, 0.5) is 5.82 Å². The molecule has 0 aromatic carbocycles. The maximum absolute atomic E-state index is 12.3. The van der Waals surface area contributed by atoms with Gasteiger partial charge in [-0.2, -0.15) is 0 Å². The number of nitrogens with one attached hydrogen (secondary N) is 1. The molecule has 1 heterocycles. The van der Waals surface area contributed by atoms with Crippen molar-refractivity contribution in [3.05, 3.63) is 24.4 Å². The SMILES string of the molecule is O=C(CC12CC3CC(CC(C3)C1)C2)Nc1ccccn1. The van der Waals surface area contributed by atoms with E-state index in [4.69, 9.17) is 0 Å². The molecule has 0 aliphatic heterocycles. The Morgan fingerprint density at radius 1 is 1.15 bits per heavy atom. The second-order valence-corrected chi connectivity index (χ2v) is 7.36. The number of carbonyl (C=O) groups excluding carboxylic acids is 1. The van der Waals surface area contributed by atoms with Gasteiger partial charge in [-0.15, -0.1) is 0 Å². The van der Waals surface area contributed by atoms with Crippen molar-refractivity contribution in [1.29, 1.82) is 0 Å². The Morgan fingerprint density at radius 3 is 2.35 bits per heavy atom. The van der Waals surface area contributed by atoms with E-state index in [0.29, 0.717) is 17.7 Å². The highest BCUT2D eigenvalue weighted by molar-refractivity contribution is 5.90. The van der Waals surface area contributed by atoms with Crippen molar-refractivity contribution in [1.82, 2.24) is 4.98 Å². The van der Waals surface area contributed by atoms with Crippen LogP contribution in [-0.2, 0) is 4.79 Å². The Labute approximate surface area is 120 Å². The Balaban J connectivity index is 1.45. The normalized spacial score (nSPS) is 37.9. The van der Waals surface area contributed by atoms with Gasteiger partial charge in [-0.25, -0.2) is 4.98 Å². The molecule has 0 saturated heterocycles. The first-order valence-corrected chi connectivity index (χ1v) is 7.92. The molecule has 0 radical (unpaired) electrons. The fourth-order valence-electron chi connectivity index (χ4n) is 5.47. The number of rotatable bonds is 3. The van der Waals surface area contributed by atoms with Crippen molar-refractivity contribution in [2.24, 2.45) is 23.2 Å². The summed E-state index contributed by atoms with van der Waals surface area (Å²) in [5.41, 5.74) is 0.313. The van der Waals surface area contributed by atoms with Crippen LogP contribution in [-0.4, -0.2) is 10.9 Å². The van der Waals surface area contributed by atoms with E-state index in [1.54, 1.807) is 6.20 Å². The summed E-state index contributed by atoms with van der Waals surface area (Å²) in [6, 6.07) is 5.64. The standard InChI is InChI=1S/C17H22N2O/c20-16(19-15-3-1-2-4-18-15)11-17-8-12-5-13(9-17)7-14(6-12)10-17/h1-4,12-14H,5-11H2,(H,18,19,20). The second kappa shape index (κ2) is 4.57. The minimum atomic E-state index is 0.158. The Bertz CT molecular complexity index is 476. The van der Waals surface area contributed by atoms with Crippen molar-refractivity contribution in [3.63, 3.8) is 0 Å². The highest BCUT2D eigenvalue weighted by Gasteiger charge is 2.51. The lowest BCUT2D eigenvalue weighted by Gasteiger charge is -2.56. The zero-order valence-corrected chi connectivity index (χ0v) is 11.8. The predicted molar refractivity (Wildman–Crippen MR) is 78.1 cm³/mol. The third-order valence-corrected chi connectivity index (χ3v) is 5.63. The van der Waals surface area contributed by atoms with Gasteiger partial charge in [0.15, 0.2) is 0 Å². The van der Waals surface area contributed by atoms with Gasteiger partial charge in [-0.1, -0.05) is 6.07 Å². The van der Waals surface area contributed by atoms with Crippen LogP contribution >= 0.6 is 0 Å². The number of carbonyl (C=O) groups is 1. The topological polar surface area (TPSA) is 42.0 Å². The molecular weight excluding hydrogens is 248 g/mol. The smallest absolute Gasteiger partial charge is 0.226 e. The molecule has 1 aromatic heterocycles. The summed E-state index contributed by atoms with van der Waals surface area (Å²) in [6.07, 6.45) is 10.6. The minimum Gasteiger partial charge on any atom is -0.311 e. The Kier molecular flexibility index (Phi) is 2.83. The van der Waals surface area contributed by atoms with E-state index in [1.807, 2.05) is 18.2 Å². The molecule has 3 nitrogen and oxygen atoms in total. The van der Waals surface area contributed by atoms with Crippen molar-refractivity contribution in [3.8, 4) is 0 Å². The molecule has 0 atom stereocenters. The number of nitrogens with zero attached hydrogens (tertiary/aromatic N) is 1. The first-order chi connectivity index (χ1) is 9.71. The number of anilines is 1. The van der Waals surface area contributed by atoms with Crippen LogP contribution in [0.2, 0.25) is 0 Å². The number of amides is 1. The summed E-state index contributed by atoms with van der Waals surface area (Å²) >= 11 is 0. The van der Waals surface area contributed by atoms with Crippen LogP contribution < -0.4 is 5.32 Å². The molecule has 1 aromatic rings. The number of aromatic nitrogens is 1. The van der Waals surface area contributed by atoms with Crippen LogP contribution in [0.5, 0.6) is 0 Å². The molecule has 4 aliphatic rings. The minimum absolute atomic E-state index is 0.158. The lowest BCUT2D eigenvalue weighted by molar-refractivity contribution is -0.124. The van der Waals surface area contributed by atoms with Gasteiger partial charge in [-0.05, 0) is 73.8 Å². The van der Waals surface area contributed by atoms with Gasteiger partial charge in [0.05, 0.1) is 0 Å². The molecule has 0 unspecified atom stereocenters. The largest absolute Gasteiger partial charge is 0.311 e. The van der Waals surface area contributed by atoms with E-state index in [9.17, 15) is 4.79 Å². The first kappa shape index (κ1) is 12.4. The van der Waals surface area contributed by atoms with Gasteiger partial charge >= 0.3 is 0 Å². The van der Waals surface area contributed by atoms with Crippen molar-refractivity contribution in [2.75, 3.05) is 5.32 Å². The summed E-state index contributed by atoms with van der Waals surface area (Å²) in [5.74, 6) is 3.56. The highest BCUT2D eigenvalue weighted by Crippen LogP contribution is 2.61. The van der Waals surface area contributed by atoms with Gasteiger partial charge in [0.2, 0.25) is 5.91 Å². The lowest BCUT2D eigenvalue weighted by atomic mass is 9.49. The van der Waals surface area contributed by atoms with Crippen molar-refractivity contribution < 1.29 is 4.79 Å². The maximum Gasteiger partial charge on any atom is 0.226 e. The Hall–Kier alpha value is -1.38. The van der Waals surface area contributed by atoms with Gasteiger partial charge in [0, 0.05) is 12.6 Å². The second-order valence-electron chi connectivity index (χ2n) is 7.36. The average molecular weight is 270 g/mol. The summed E-state index contributed by atoms with van der Waals surface area (Å²) in [5, 5.41) is 2.97. The summed E-state index contributed by atoms with van der Waals surface area (Å²) in [7, 11) is 0. The van der Waals surface area contributed by atoms with E-state index in [0.717, 1.165) is 17.8 Å². The molecule has 4 saturated carbocycles. The molecule has 0 spiro atoms. The summed E-state index contributed by atoms with van der Waals surface area (Å²) in [4.78, 5) is 16.5. The van der Waals surface area contributed by atoms with E-state index >= 15 is 0 Å². The van der Waals surface area contributed by atoms with E-state index < -0.39 is 0 Å². The molecule has 4 aliphatic carbocycles. The Morgan fingerprint density at radius 2 is 1.80 bits per heavy atom. The van der Waals surface area contributed by atoms with Crippen LogP contribution in [0, 0.1) is 23.2 Å².